The molecule has 0 aromatic rings. The lowest BCUT2D eigenvalue weighted by molar-refractivity contribution is -0.128. The first kappa shape index (κ1) is 15.9. The molecule has 0 aromatic carbocycles. The van der Waals surface area contributed by atoms with Crippen LogP contribution in [0.3, 0.4) is 0 Å². The number of nitrogens with two attached hydrogens (primary N) is 3. The highest BCUT2D eigenvalue weighted by atomic mass is 16.2. The predicted octanol–water partition coefficient (Wildman–Crippen LogP) is -0.397. The highest BCUT2D eigenvalue weighted by Gasteiger charge is 2.25. The Morgan fingerprint density at radius 3 is 2.37 bits per heavy atom. The highest BCUT2D eigenvalue weighted by molar-refractivity contribution is 5.88. The maximum absolute atomic E-state index is 11.8. The molecule has 19 heavy (non-hydrogen) atoms. The minimum Gasteiger partial charge on any atom is -0.368 e. The minimum atomic E-state index is -0.668. The van der Waals surface area contributed by atoms with Gasteiger partial charge in [0.05, 0.1) is 6.04 Å². The quantitative estimate of drug-likeness (QED) is 0.502. The second-order valence-electron chi connectivity index (χ2n) is 5.39. The van der Waals surface area contributed by atoms with Crippen LogP contribution in [0.25, 0.3) is 0 Å². The number of primary amides is 1. The average Bonchev–Trinajstić information content (AvgIpc) is 2.39. The van der Waals surface area contributed by atoms with E-state index in [9.17, 15) is 9.59 Å². The Hall–Kier alpha value is -1.14. The van der Waals surface area contributed by atoms with Crippen molar-refractivity contribution < 1.29 is 9.59 Å². The number of hydrogen-bond acceptors (Lipinski definition) is 4. The summed E-state index contributed by atoms with van der Waals surface area (Å²) in [5.74, 6) is -0.360. The van der Waals surface area contributed by atoms with E-state index in [2.05, 4.69) is 5.32 Å². The molecule has 6 heteroatoms. The lowest BCUT2D eigenvalue weighted by atomic mass is 9.84. The van der Waals surface area contributed by atoms with Gasteiger partial charge in [-0.15, -0.1) is 0 Å². The van der Waals surface area contributed by atoms with E-state index in [1.165, 1.54) is 19.3 Å². The summed E-state index contributed by atoms with van der Waals surface area (Å²) in [6, 6.07) is -1.28. The lowest BCUT2D eigenvalue weighted by Crippen LogP contribution is -2.51. The Kier molecular flexibility index (Phi) is 6.80. The summed E-state index contributed by atoms with van der Waals surface area (Å²) in [4.78, 5) is 23.2. The van der Waals surface area contributed by atoms with Gasteiger partial charge in [0, 0.05) is 0 Å². The van der Waals surface area contributed by atoms with Crippen molar-refractivity contribution in [2.45, 2.75) is 57.0 Å². The highest BCUT2D eigenvalue weighted by Crippen LogP contribution is 2.27. The number of nitrogens with one attached hydrogen (secondary N) is 1. The van der Waals surface area contributed by atoms with Crippen molar-refractivity contribution in [3.8, 4) is 0 Å². The first-order valence-corrected chi connectivity index (χ1v) is 7.10. The molecule has 2 atom stereocenters. The summed E-state index contributed by atoms with van der Waals surface area (Å²) in [7, 11) is 0. The van der Waals surface area contributed by atoms with Crippen LogP contribution >= 0.6 is 0 Å². The van der Waals surface area contributed by atoms with E-state index in [0.29, 0.717) is 25.3 Å². The van der Waals surface area contributed by atoms with Gasteiger partial charge in [-0.2, -0.15) is 0 Å². The van der Waals surface area contributed by atoms with Crippen molar-refractivity contribution in [2.24, 2.45) is 23.1 Å². The fourth-order valence-corrected chi connectivity index (χ4v) is 2.59. The number of carbonyl (C=O) groups is 2. The molecule has 1 aliphatic rings. The monoisotopic (exact) mass is 270 g/mol. The molecule has 1 rings (SSSR count). The summed E-state index contributed by atoms with van der Waals surface area (Å²) < 4.78 is 0. The van der Waals surface area contributed by atoms with Gasteiger partial charge in [-0.1, -0.05) is 32.1 Å². The van der Waals surface area contributed by atoms with E-state index in [0.717, 1.165) is 12.8 Å². The summed E-state index contributed by atoms with van der Waals surface area (Å²) in [5, 5.41) is 2.65. The molecule has 2 amide bonds. The van der Waals surface area contributed by atoms with Gasteiger partial charge in [-0.25, -0.2) is 0 Å². The molecule has 1 fully saturated rings. The van der Waals surface area contributed by atoms with Crippen molar-refractivity contribution in [1.29, 1.82) is 0 Å². The van der Waals surface area contributed by atoms with Gasteiger partial charge in [0.2, 0.25) is 11.8 Å². The zero-order valence-electron chi connectivity index (χ0n) is 11.4. The van der Waals surface area contributed by atoms with E-state index < -0.39 is 18.0 Å². The SMILES string of the molecule is NCC[C@H](N)C(=O)N[C@@H](CC1CCCCC1)C(N)=O. The molecule has 7 N–H and O–H groups in total. The third kappa shape index (κ3) is 5.57. The van der Waals surface area contributed by atoms with Crippen molar-refractivity contribution >= 4 is 11.8 Å². The second-order valence-corrected chi connectivity index (χ2v) is 5.39. The van der Waals surface area contributed by atoms with Crippen LogP contribution in [0.2, 0.25) is 0 Å². The van der Waals surface area contributed by atoms with E-state index >= 15 is 0 Å². The number of hydrogen-bond donors (Lipinski definition) is 4. The third-order valence-corrected chi connectivity index (χ3v) is 3.77. The summed E-state index contributed by atoms with van der Waals surface area (Å²) in [6.45, 7) is 0.346. The molecule has 0 aliphatic heterocycles. The molecule has 1 aliphatic carbocycles. The molecule has 6 nitrogen and oxygen atoms in total. The molecular weight excluding hydrogens is 244 g/mol. The third-order valence-electron chi connectivity index (χ3n) is 3.77. The van der Waals surface area contributed by atoms with Crippen molar-refractivity contribution in [3.63, 3.8) is 0 Å². The van der Waals surface area contributed by atoms with Crippen LogP contribution in [-0.2, 0) is 9.59 Å². The first-order valence-electron chi connectivity index (χ1n) is 7.10. The Morgan fingerprint density at radius 1 is 1.21 bits per heavy atom. The molecule has 0 radical (unpaired) electrons. The van der Waals surface area contributed by atoms with Crippen LogP contribution in [0.5, 0.6) is 0 Å². The molecule has 0 aromatic heterocycles. The summed E-state index contributed by atoms with van der Waals surface area (Å²) >= 11 is 0. The van der Waals surface area contributed by atoms with Gasteiger partial charge in [0.25, 0.3) is 0 Å². The molecule has 0 spiro atoms. The zero-order valence-corrected chi connectivity index (χ0v) is 11.4. The van der Waals surface area contributed by atoms with Crippen LogP contribution in [0.15, 0.2) is 0 Å². The average molecular weight is 270 g/mol. The fraction of sp³-hybridized carbons (Fsp3) is 0.846. The second kappa shape index (κ2) is 8.12. The van der Waals surface area contributed by atoms with Crippen molar-refractivity contribution in [2.75, 3.05) is 6.54 Å². The topological polar surface area (TPSA) is 124 Å². The van der Waals surface area contributed by atoms with Crippen LogP contribution in [-0.4, -0.2) is 30.4 Å². The molecular formula is C13H26N4O2. The molecule has 110 valence electrons. The van der Waals surface area contributed by atoms with Crippen LogP contribution in [0, 0.1) is 5.92 Å². The first-order chi connectivity index (χ1) is 9.04. The van der Waals surface area contributed by atoms with Gasteiger partial charge in [-0.05, 0) is 25.3 Å². The van der Waals surface area contributed by atoms with Gasteiger partial charge >= 0.3 is 0 Å². The number of rotatable bonds is 7. The summed E-state index contributed by atoms with van der Waals surface area (Å²) in [6.07, 6.45) is 6.87. The smallest absolute Gasteiger partial charge is 0.240 e. The molecule has 0 bridgehead atoms. The lowest BCUT2D eigenvalue weighted by Gasteiger charge is -2.26. The van der Waals surface area contributed by atoms with Crippen LogP contribution in [0.4, 0.5) is 0 Å². The maximum atomic E-state index is 11.8. The maximum Gasteiger partial charge on any atom is 0.240 e. The Labute approximate surface area is 114 Å². The molecule has 0 saturated heterocycles. The normalized spacial score (nSPS) is 19.7. The molecule has 1 saturated carbocycles. The van der Waals surface area contributed by atoms with Gasteiger partial charge in [0.1, 0.15) is 6.04 Å². The van der Waals surface area contributed by atoms with E-state index in [1.54, 1.807) is 0 Å². The Morgan fingerprint density at radius 2 is 1.84 bits per heavy atom. The van der Waals surface area contributed by atoms with E-state index in [1.807, 2.05) is 0 Å². The van der Waals surface area contributed by atoms with Gasteiger partial charge in [0.15, 0.2) is 0 Å². The largest absolute Gasteiger partial charge is 0.368 e. The fourth-order valence-electron chi connectivity index (χ4n) is 2.59. The Balaban J connectivity index is 2.47. The molecule has 0 heterocycles. The van der Waals surface area contributed by atoms with E-state index in [4.69, 9.17) is 17.2 Å². The standard InChI is InChI=1S/C13H26N4O2/c14-7-6-10(15)13(19)17-11(12(16)18)8-9-4-2-1-3-5-9/h9-11H,1-8,14-15H2,(H2,16,18)(H,17,19)/t10-,11-/m0/s1. The van der Waals surface area contributed by atoms with Crippen molar-refractivity contribution in [3.05, 3.63) is 0 Å². The number of amides is 2. The van der Waals surface area contributed by atoms with E-state index in [-0.39, 0.29) is 5.91 Å². The predicted molar refractivity (Wildman–Crippen MR) is 74.0 cm³/mol. The summed E-state index contributed by atoms with van der Waals surface area (Å²) in [5.41, 5.74) is 16.4. The minimum absolute atomic E-state index is 0.343. The van der Waals surface area contributed by atoms with Crippen LogP contribution < -0.4 is 22.5 Å². The Bertz CT molecular complexity index is 303. The molecule has 0 unspecified atom stereocenters. The van der Waals surface area contributed by atoms with Gasteiger partial charge in [-0.3, -0.25) is 9.59 Å². The van der Waals surface area contributed by atoms with Crippen molar-refractivity contribution in [1.82, 2.24) is 5.32 Å². The van der Waals surface area contributed by atoms with Gasteiger partial charge < -0.3 is 22.5 Å². The number of carbonyl (C=O) groups excluding carboxylic acids is 2. The van der Waals surface area contributed by atoms with Crippen LogP contribution in [0.1, 0.15) is 44.9 Å². The zero-order chi connectivity index (χ0) is 14.3.